The predicted octanol–water partition coefficient (Wildman–Crippen LogP) is 3.81. The highest BCUT2D eigenvalue weighted by molar-refractivity contribution is 7.95. The van der Waals surface area contributed by atoms with E-state index in [0.29, 0.717) is 17.9 Å². The first-order chi connectivity index (χ1) is 11.1. The van der Waals surface area contributed by atoms with Crippen LogP contribution in [0.15, 0.2) is 64.4 Å². The summed E-state index contributed by atoms with van der Waals surface area (Å²) in [4.78, 5) is -0.179. The van der Waals surface area contributed by atoms with Crippen LogP contribution in [0.1, 0.15) is 18.9 Å². The Bertz CT molecular complexity index is 817. The molecule has 0 bridgehead atoms. The van der Waals surface area contributed by atoms with Gasteiger partial charge in [-0.3, -0.25) is 0 Å². The van der Waals surface area contributed by atoms with Crippen molar-refractivity contribution in [2.45, 2.75) is 18.2 Å². The van der Waals surface area contributed by atoms with E-state index in [1.807, 2.05) is 6.92 Å². The number of hydrogen-bond donors (Lipinski definition) is 0. The number of allylic oxidation sites excluding steroid dienone is 1. The number of nitriles is 1. The molecule has 0 unspecified atom stereocenters. The van der Waals surface area contributed by atoms with Crippen molar-refractivity contribution in [3.63, 3.8) is 0 Å². The molecule has 0 amide bonds. The highest BCUT2D eigenvalue weighted by Crippen LogP contribution is 2.22. The fourth-order valence-electron chi connectivity index (χ4n) is 1.93. The molecule has 0 heterocycles. The van der Waals surface area contributed by atoms with Gasteiger partial charge >= 0.3 is 0 Å². The van der Waals surface area contributed by atoms with Gasteiger partial charge in [-0.1, -0.05) is 37.3 Å². The molecule has 2 rings (SSSR count). The zero-order chi connectivity index (χ0) is 16.7. The molecular formula is C18H17NO3S. The van der Waals surface area contributed by atoms with E-state index < -0.39 is 9.84 Å². The van der Waals surface area contributed by atoms with Crippen molar-refractivity contribution in [2.75, 3.05) is 6.61 Å². The van der Waals surface area contributed by atoms with Gasteiger partial charge in [-0.05, 0) is 42.3 Å². The molecule has 0 saturated heterocycles. The van der Waals surface area contributed by atoms with Gasteiger partial charge in [0.15, 0.2) is 0 Å². The van der Waals surface area contributed by atoms with E-state index in [2.05, 4.69) is 0 Å². The first kappa shape index (κ1) is 16.8. The minimum absolute atomic E-state index is 0.107. The Morgan fingerprint density at radius 2 is 1.78 bits per heavy atom. The van der Waals surface area contributed by atoms with Crippen LogP contribution in [-0.4, -0.2) is 15.0 Å². The summed E-state index contributed by atoms with van der Waals surface area (Å²) in [5, 5.41) is 9.23. The van der Waals surface area contributed by atoms with Crippen molar-refractivity contribution in [2.24, 2.45) is 0 Å². The Labute approximate surface area is 136 Å². The van der Waals surface area contributed by atoms with Gasteiger partial charge in [0.1, 0.15) is 16.7 Å². The van der Waals surface area contributed by atoms with Crippen LogP contribution < -0.4 is 4.74 Å². The zero-order valence-electron chi connectivity index (χ0n) is 12.8. The van der Waals surface area contributed by atoms with Gasteiger partial charge in [0.25, 0.3) is 0 Å². The normalized spacial score (nSPS) is 11.7. The molecule has 0 spiro atoms. The summed E-state index contributed by atoms with van der Waals surface area (Å²) in [6, 6.07) is 16.7. The van der Waals surface area contributed by atoms with Crippen LogP contribution in [0.4, 0.5) is 0 Å². The molecule has 0 fully saturated rings. The van der Waals surface area contributed by atoms with E-state index in [1.54, 1.807) is 48.5 Å². The van der Waals surface area contributed by atoms with Crippen molar-refractivity contribution >= 4 is 15.9 Å². The lowest BCUT2D eigenvalue weighted by molar-refractivity contribution is 0.317. The molecule has 4 nitrogen and oxygen atoms in total. The van der Waals surface area contributed by atoms with E-state index in [1.165, 1.54) is 18.2 Å². The molecule has 118 valence electrons. The standard InChI is InChI=1S/C18H17NO3S/c1-2-12-22-16-10-8-15(9-11-16)13-18(14-19)23(20,21)17-6-4-3-5-7-17/h3-11,13H,2,12H2,1H3/b18-13+. The molecule has 0 atom stereocenters. The minimum Gasteiger partial charge on any atom is -0.494 e. The Balaban J connectivity index is 2.31. The molecule has 23 heavy (non-hydrogen) atoms. The Morgan fingerprint density at radius 3 is 2.35 bits per heavy atom. The van der Waals surface area contributed by atoms with E-state index in [-0.39, 0.29) is 9.80 Å². The largest absolute Gasteiger partial charge is 0.494 e. The Hall–Kier alpha value is -2.58. The van der Waals surface area contributed by atoms with Crippen molar-refractivity contribution in [1.29, 1.82) is 5.26 Å². The number of nitrogens with zero attached hydrogens (tertiary/aromatic N) is 1. The van der Waals surface area contributed by atoms with E-state index in [4.69, 9.17) is 4.74 Å². The predicted molar refractivity (Wildman–Crippen MR) is 89.4 cm³/mol. The average molecular weight is 327 g/mol. The van der Waals surface area contributed by atoms with Gasteiger partial charge in [0, 0.05) is 0 Å². The molecule has 0 N–H and O–H groups in total. The van der Waals surface area contributed by atoms with Crippen LogP contribution in [0.5, 0.6) is 5.75 Å². The van der Waals surface area contributed by atoms with Crippen LogP contribution >= 0.6 is 0 Å². The van der Waals surface area contributed by atoms with E-state index >= 15 is 0 Å². The molecular weight excluding hydrogens is 310 g/mol. The third-order valence-corrected chi connectivity index (χ3v) is 4.78. The fraction of sp³-hybridized carbons (Fsp3) is 0.167. The third-order valence-electron chi connectivity index (χ3n) is 3.10. The monoisotopic (exact) mass is 327 g/mol. The number of sulfone groups is 1. The fourth-order valence-corrected chi connectivity index (χ4v) is 3.11. The number of hydrogen-bond acceptors (Lipinski definition) is 4. The molecule has 0 aliphatic heterocycles. The second kappa shape index (κ2) is 7.61. The molecule has 5 heteroatoms. The average Bonchev–Trinajstić information content (AvgIpc) is 2.59. The van der Waals surface area contributed by atoms with Gasteiger partial charge in [-0.15, -0.1) is 0 Å². The van der Waals surface area contributed by atoms with Crippen molar-refractivity contribution in [3.8, 4) is 11.8 Å². The first-order valence-corrected chi connectivity index (χ1v) is 8.71. The van der Waals surface area contributed by atoms with Gasteiger partial charge in [0.2, 0.25) is 9.84 Å². The number of ether oxygens (including phenoxy) is 1. The molecule has 2 aromatic rings. The molecule has 0 radical (unpaired) electrons. The van der Waals surface area contributed by atoms with Crippen LogP contribution in [-0.2, 0) is 9.84 Å². The van der Waals surface area contributed by atoms with Crippen molar-refractivity contribution in [3.05, 3.63) is 65.1 Å². The second-order valence-corrected chi connectivity index (χ2v) is 6.77. The van der Waals surface area contributed by atoms with Gasteiger partial charge in [0.05, 0.1) is 11.5 Å². The van der Waals surface area contributed by atoms with Gasteiger partial charge in [-0.2, -0.15) is 5.26 Å². The second-order valence-electron chi connectivity index (χ2n) is 4.85. The molecule has 2 aromatic carbocycles. The SMILES string of the molecule is CCCOc1ccc(/C=C(\C#N)S(=O)(=O)c2ccccc2)cc1. The highest BCUT2D eigenvalue weighted by Gasteiger charge is 2.20. The topological polar surface area (TPSA) is 67.2 Å². The highest BCUT2D eigenvalue weighted by atomic mass is 32.2. The summed E-state index contributed by atoms with van der Waals surface area (Å²) < 4.78 is 30.4. The number of rotatable bonds is 6. The van der Waals surface area contributed by atoms with Crippen LogP contribution in [0.25, 0.3) is 6.08 Å². The van der Waals surface area contributed by atoms with Gasteiger partial charge in [-0.25, -0.2) is 8.42 Å². The third kappa shape index (κ3) is 4.21. The Kier molecular flexibility index (Phi) is 5.56. The minimum atomic E-state index is -3.80. The molecule has 0 saturated carbocycles. The lowest BCUT2D eigenvalue weighted by atomic mass is 10.2. The number of benzene rings is 2. The van der Waals surface area contributed by atoms with Crippen LogP contribution in [0, 0.1) is 11.3 Å². The summed E-state index contributed by atoms with van der Waals surface area (Å²) in [5.74, 6) is 0.716. The van der Waals surface area contributed by atoms with Crippen LogP contribution in [0.3, 0.4) is 0 Å². The molecule has 0 aliphatic rings. The van der Waals surface area contributed by atoms with Crippen molar-refractivity contribution in [1.82, 2.24) is 0 Å². The summed E-state index contributed by atoms with van der Waals surface area (Å²) in [6.07, 6.45) is 2.28. The molecule has 0 aromatic heterocycles. The Morgan fingerprint density at radius 1 is 1.13 bits per heavy atom. The molecule has 0 aliphatic carbocycles. The van der Waals surface area contributed by atoms with Crippen molar-refractivity contribution < 1.29 is 13.2 Å². The lowest BCUT2D eigenvalue weighted by Crippen LogP contribution is -2.03. The summed E-state index contributed by atoms with van der Waals surface area (Å²) in [5.41, 5.74) is 0.630. The van der Waals surface area contributed by atoms with Crippen LogP contribution in [0.2, 0.25) is 0 Å². The zero-order valence-corrected chi connectivity index (χ0v) is 13.6. The lowest BCUT2D eigenvalue weighted by Gasteiger charge is -2.05. The maximum Gasteiger partial charge on any atom is 0.216 e. The summed E-state index contributed by atoms with van der Waals surface area (Å²) >= 11 is 0. The quantitative estimate of drug-likeness (QED) is 0.757. The maximum absolute atomic E-state index is 12.5. The van der Waals surface area contributed by atoms with E-state index in [0.717, 1.165) is 6.42 Å². The van der Waals surface area contributed by atoms with Gasteiger partial charge < -0.3 is 4.74 Å². The summed E-state index contributed by atoms with van der Waals surface area (Å²) in [6.45, 7) is 2.64. The maximum atomic E-state index is 12.5. The summed E-state index contributed by atoms with van der Waals surface area (Å²) in [7, 11) is -3.80. The smallest absolute Gasteiger partial charge is 0.216 e. The van der Waals surface area contributed by atoms with E-state index in [9.17, 15) is 13.7 Å². The first-order valence-electron chi connectivity index (χ1n) is 7.22.